The van der Waals surface area contributed by atoms with E-state index in [4.69, 9.17) is 0 Å². The van der Waals surface area contributed by atoms with Crippen LogP contribution in [0.15, 0.2) is 17.0 Å². The van der Waals surface area contributed by atoms with E-state index in [1.165, 1.54) is 12.1 Å². The smallest absolute Gasteiger partial charge is 0.289 e. The Morgan fingerprint density at radius 2 is 2.00 bits per heavy atom. The third kappa shape index (κ3) is 3.58. The molecule has 116 valence electrons. The number of nitrogens with one attached hydrogen (secondary N) is 2. The molecule has 0 spiro atoms. The van der Waals surface area contributed by atoms with Crippen LogP contribution in [0.4, 0.5) is 5.69 Å². The van der Waals surface area contributed by atoms with Crippen LogP contribution in [0.3, 0.4) is 0 Å². The second kappa shape index (κ2) is 6.08. The first-order chi connectivity index (χ1) is 9.81. The topological polar surface area (TPSA) is 101 Å². The molecule has 1 unspecified atom stereocenters. The van der Waals surface area contributed by atoms with E-state index in [0.29, 0.717) is 17.7 Å². The van der Waals surface area contributed by atoms with Crippen LogP contribution in [0.2, 0.25) is 0 Å². The molecule has 0 radical (unpaired) electrons. The number of hydrogen-bond donors (Lipinski definition) is 2. The van der Waals surface area contributed by atoms with Crippen LogP contribution in [0, 0.1) is 24.0 Å². The third-order valence-electron chi connectivity index (χ3n) is 3.68. The molecule has 1 aromatic rings. The van der Waals surface area contributed by atoms with Crippen LogP contribution in [0.1, 0.15) is 24.0 Å². The van der Waals surface area contributed by atoms with E-state index in [9.17, 15) is 18.5 Å². The van der Waals surface area contributed by atoms with E-state index in [1.807, 2.05) is 0 Å². The highest BCUT2D eigenvalue weighted by molar-refractivity contribution is 7.89. The average Bonchev–Trinajstić information content (AvgIpc) is 2.41. The summed E-state index contributed by atoms with van der Waals surface area (Å²) in [5.41, 5.74) is 1.03. The highest BCUT2D eigenvalue weighted by Gasteiger charge is 2.29. The summed E-state index contributed by atoms with van der Waals surface area (Å²) in [5, 5.41) is 14.2. The van der Waals surface area contributed by atoms with Crippen LogP contribution in [0.25, 0.3) is 0 Å². The van der Waals surface area contributed by atoms with Crippen LogP contribution in [-0.4, -0.2) is 32.5 Å². The number of rotatable bonds is 4. The van der Waals surface area contributed by atoms with Gasteiger partial charge in [0.1, 0.15) is 0 Å². The van der Waals surface area contributed by atoms with Crippen molar-refractivity contribution in [1.82, 2.24) is 10.0 Å². The molecule has 21 heavy (non-hydrogen) atoms. The molecule has 1 saturated heterocycles. The Kier molecular flexibility index (Phi) is 4.60. The van der Waals surface area contributed by atoms with Crippen molar-refractivity contribution in [2.24, 2.45) is 0 Å². The van der Waals surface area contributed by atoms with Gasteiger partial charge >= 0.3 is 0 Å². The zero-order chi connectivity index (χ0) is 15.6. The summed E-state index contributed by atoms with van der Waals surface area (Å²) in [6, 6.07) is 2.44. The van der Waals surface area contributed by atoms with Crippen molar-refractivity contribution < 1.29 is 13.3 Å². The van der Waals surface area contributed by atoms with Gasteiger partial charge in [0.2, 0.25) is 10.0 Å². The van der Waals surface area contributed by atoms with Gasteiger partial charge in [-0.2, -0.15) is 0 Å². The van der Waals surface area contributed by atoms with Crippen molar-refractivity contribution in [3.8, 4) is 0 Å². The predicted octanol–water partition coefficient (Wildman–Crippen LogP) is 1.24. The molecule has 0 aliphatic carbocycles. The van der Waals surface area contributed by atoms with Crippen molar-refractivity contribution in [2.75, 3.05) is 13.1 Å². The molecule has 0 amide bonds. The number of aryl methyl sites for hydroxylation is 2. The van der Waals surface area contributed by atoms with Gasteiger partial charge in [0.15, 0.2) is 4.90 Å². The highest BCUT2D eigenvalue weighted by Crippen LogP contribution is 2.27. The van der Waals surface area contributed by atoms with E-state index >= 15 is 0 Å². The van der Waals surface area contributed by atoms with Gasteiger partial charge < -0.3 is 5.32 Å². The van der Waals surface area contributed by atoms with E-state index in [2.05, 4.69) is 10.0 Å². The zero-order valence-electron chi connectivity index (χ0n) is 12.0. The molecule has 1 atom stereocenters. The molecule has 7 nitrogen and oxygen atoms in total. The lowest BCUT2D eigenvalue weighted by atomic mass is 10.1. The molecule has 1 heterocycles. The molecule has 2 rings (SSSR count). The van der Waals surface area contributed by atoms with Crippen molar-refractivity contribution in [3.05, 3.63) is 33.4 Å². The lowest BCUT2D eigenvalue weighted by Crippen LogP contribution is -2.45. The average molecular weight is 313 g/mol. The summed E-state index contributed by atoms with van der Waals surface area (Å²) in [5.74, 6) is 0. The molecule has 1 fully saturated rings. The van der Waals surface area contributed by atoms with Crippen LogP contribution in [-0.2, 0) is 10.0 Å². The predicted molar refractivity (Wildman–Crippen MR) is 78.8 cm³/mol. The molecule has 1 aliphatic heterocycles. The lowest BCUT2D eigenvalue weighted by Gasteiger charge is -2.23. The molecule has 2 N–H and O–H groups in total. The van der Waals surface area contributed by atoms with Crippen molar-refractivity contribution in [1.29, 1.82) is 0 Å². The molecular weight excluding hydrogens is 294 g/mol. The minimum Gasteiger partial charge on any atom is -0.315 e. The van der Waals surface area contributed by atoms with Crippen LogP contribution in [0.5, 0.6) is 0 Å². The minimum atomic E-state index is -3.91. The maximum atomic E-state index is 12.4. The first-order valence-electron chi connectivity index (χ1n) is 6.80. The number of sulfonamides is 1. The first-order valence-corrected chi connectivity index (χ1v) is 8.28. The Labute approximate surface area is 123 Å². The number of benzene rings is 1. The third-order valence-corrected chi connectivity index (χ3v) is 5.23. The fourth-order valence-corrected chi connectivity index (χ4v) is 3.88. The molecule has 1 aliphatic rings. The van der Waals surface area contributed by atoms with E-state index in [1.54, 1.807) is 13.8 Å². The Bertz CT molecular complexity index is 652. The molecule has 8 heteroatoms. The van der Waals surface area contributed by atoms with Crippen molar-refractivity contribution >= 4 is 15.7 Å². The largest absolute Gasteiger partial charge is 0.315 e. The molecular formula is C13H19N3O4S. The lowest BCUT2D eigenvalue weighted by molar-refractivity contribution is -0.387. The first kappa shape index (κ1) is 15.9. The fraction of sp³-hybridized carbons (Fsp3) is 0.538. The summed E-state index contributed by atoms with van der Waals surface area (Å²) >= 11 is 0. The van der Waals surface area contributed by atoms with Gasteiger partial charge in [-0.05, 0) is 50.4 Å². The maximum Gasteiger partial charge on any atom is 0.289 e. The van der Waals surface area contributed by atoms with Gasteiger partial charge in [-0.25, -0.2) is 13.1 Å². The quantitative estimate of drug-likeness (QED) is 0.643. The summed E-state index contributed by atoms with van der Waals surface area (Å²) in [4.78, 5) is 10.2. The summed E-state index contributed by atoms with van der Waals surface area (Å²) in [7, 11) is -3.91. The summed E-state index contributed by atoms with van der Waals surface area (Å²) in [6.07, 6.45) is 1.60. The number of nitrogens with zero attached hydrogens (tertiary/aromatic N) is 1. The Morgan fingerprint density at radius 3 is 2.57 bits per heavy atom. The Balaban J connectivity index is 2.38. The molecule has 1 aromatic carbocycles. The number of piperidine rings is 1. The van der Waals surface area contributed by atoms with Gasteiger partial charge in [-0.1, -0.05) is 0 Å². The standard InChI is InChI=1S/C13H19N3O4S/c1-9-6-12(16(17)18)13(7-10(9)2)21(19,20)15-11-4-3-5-14-8-11/h6-7,11,14-15H,3-5,8H2,1-2H3. The van der Waals surface area contributed by atoms with Crippen LogP contribution < -0.4 is 10.0 Å². The highest BCUT2D eigenvalue weighted by atomic mass is 32.2. The molecule has 0 saturated carbocycles. The van der Waals surface area contributed by atoms with E-state index < -0.39 is 14.9 Å². The van der Waals surface area contributed by atoms with Gasteiger partial charge in [0.25, 0.3) is 5.69 Å². The van der Waals surface area contributed by atoms with E-state index in [-0.39, 0.29) is 16.6 Å². The number of nitro groups is 1. The van der Waals surface area contributed by atoms with Gasteiger partial charge in [0, 0.05) is 18.7 Å². The number of hydrogen-bond acceptors (Lipinski definition) is 5. The van der Waals surface area contributed by atoms with Crippen molar-refractivity contribution in [2.45, 2.75) is 37.6 Å². The fourth-order valence-electron chi connectivity index (χ4n) is 2.37. The van der Waals surface area contributed by atoms with Gasteiger partial charge in [-0.15, -0.1) is 0 Å². The number of nitro benzene ring substituents is 1. The van der Waals surface area contributed by atoms with Gasteiger partial charge in [0.05, 0.1) is 4.92 Å². The second-order valence-electron chi connectivity index (χ2n) is 5.33. The normalized spacial score (nSPS) is 19.4. The van der Waals surface area contributed by atoms with Crippen molar-refractivity contribution in [3.63, 3.8) is 0 Å². The minimum absolute atomic E-state index is 0.232. The monoisotopic (exact) mass is 313 g/mol. The van der Waals surface area contributed by atoms with Crippen LogP contribution >= 0.6 is 0 Å². The maximum absolute atomic E-state index is 12.4. The summed E-state index contributed by atoms with van der Waals surface area (Å²) in [6.45, 7) is 4.86. The van der Waals surface area contributed by atoms with Gasteiger partial charge in [-0.3, -0.25) is 10.1 Å². The Morgan fingerprint density at radius 1 is 1.33 bits per heavy atom. The Hall–Kier alpha value is -1.51. The van der Waals surface area contributed by atoms with E-state index in [0.717, 1.165) is 19.4 Å². The summed E-state index contributed by atoms with van der Waals surface area (Å²) < 4.78 is 27.5. The molecule has 0 bridgehead atoms. The zero-order valence-corrected chi connectivity index (χ0v) is 12.9. The second-order valence-corrected chi connectivity index (χ2v) is 7.01. The SMILES string of the molecule is Cc1cc([N+](=O)[O-])c(S(=O)(=O)NC2CCCNC2)cc1C. The molecule has 0 aromatic heterocycles.